The summed E-state index contributed by atoms with van der Waals surface area (Å²) in [6.07, 6.45) is 2.48. The third-order valence-electron chi connectivity index (χ3n) is 4.44. The Kier molecular flexibility index (Phi) is 4.51. The predicted molar refractivity (Wildman–Crippen MR) is 104 cm³/mol. The van der Waals surface area contributed by atoms with E-state index in [4.69, 9.17) is 11.6 Å². The van der Waals surface area contributed by atoms with Crippen LogP contribution in [0.4, 0.5) is 17.5 Å². The van der Waals surface area contributed by atoms with Crippen LogP contribution in [0.5, 0.6) is 0 Å². The monoisotopic (exact) mass is 368 g/mol. The standard InChI is InChI=1S/C19H21ClN6/c1-11(13-5-7-15(20)8-6-13)21-17-10-18(23-12(2)22-17)24-19-9-16(25-26-19)14-3-4-14/h5-11,14H,3-4H2,1-2H3,(H3,21,22,23,24,25,26). The zero-order valence-corrected chi connectivity index (χ0v) is 15.5. The van der Waals surface area contributed by atoms with E-state index >= 15 is 0 Å². The van der Waals surface area contributed by atoms with Gasteiger partial charge in [0.05, 0.1) is 0 Å². The van der Waals surface area contributed by atoms with Crippen LogP contribution in [-0.2, 0) is 0 Å². The molecule has 2 heterocycles. The molecule has 7 heteroatoms. The quantitative estimate of drug-likeness (QED) is 0.573. The number of aromatic amines is 1. The third kappa shape index (κ3) is 3.96. The molecule has 1 atom stereocenters. The Morgan fingerprint density at radius 3 is 2.54 bits per heavy atom. The maximum atomic E-state index is 5.96. The van der Waals surface area contributed by atoms with Crippen molar-refractivity contribution in [1.82, 2.24) is 20.2 Å². The van der Waals surface area contributed by atoms with Gasteiger partial charge >= 0.3 is 0 Å². The predicted octanol–water partition coefficient (Wildman–Crippen LogP) is 4.96. The van der Waals surface area contributed by atoms with Crippen molar-refractivity contribution in [2.24, 2.45) is 0 Å². The molecule has 6 nitrogen and oxygen atoms in total. The maximum absolute atomic E-state index is 5.96. The van der Waals surface area contributed by atoms with Crippen molar-refractivity contribution in [2.75, 3.05) is 10.6 Å². The average Bonchev–Trinajstić information content (AvgIpc) is 3.35. The highest BCUT2D eigenvalue weighted by Gasteiger charge is 2.25. The number of anilines is 3. The molecule has 0 spiro atoms. The minimum Gasteiger partial charge on any atom is -0.363 e. The lowest BCUT2D eigenvalue weighted by molar-refractivity contribution is 0.867. The van der Waals surface area contributed by atoms with E-state index in [9.17, 15) is 0 Å². The summed E-state index contributed by atoms with van der Waals surface area (Å²) in [4.78, 5) is 8.94. The molecule has 0 saturated heterocycles. The van der Waals surface area contributed by atoms with Gasteiger partial charge < -0.3 is 10.6 Å². The van der Waals surface area contributed by atoms with Crippen molar-refractivity contribution in [3.63, 3.8) is 0 Å². The maximum Gasteiger partial charge on any atom is 0.153 e. The number of aryl methyl sites for hydroxylation is 1. The number of nitrogens with one attached hydrogen (secondary N) is 3. The molecule has 26 heavy (non-hydrogen) atoms. The Labute approximate surface area is 157 Å². The number of rotatable bonds is 6. The van der Waals surface area contributed by atoms with E-state index in [0.29, 0.717) is 11.7 Å². The minimum absolute atomic E-state index is 0.0984. The number of benzene rings is 1. The molecule has 1 aliphatic rings. The largest absolute Gasteiger partial charge is 0.363 e. The number of hydrogen-bond acceptors (Lipinski definition) is 5. The van der Waals surface area contributed by atoms with Gasteiger partial charge in [0.2, 0.25) is 0 Å². The molecular formula is C19H21ClN6. The number of nitrogens with zero attached hydrogens (tertiary/aromatic N) is 3. The van der Waals surface area contributed by atoms with Crippen LogP contribution in [0.2, 0.25) is 5.02 Å². The van der Waals surface area contributed by atoms with E-state index in [1.807, 2.05) is 37.3 Å². The molecule has 2 aromatic heterocycles. The Morgan fingerprint density at radius 1 is 1.08 bits per heavy atom. The second-order valence-corrected chi connectivity index (χ2v) is 7.15. The fourth-order valence-corrected chi connectivity index (χ4v) is 3.02. The van der Waals surface area contributed by atoms with Gasteiger partial charge in [-0.25, -0.2) is 9.97 Å². The summed E-state index contributed by atoms with van der Waals surface area (Å²) in [5, 5.41) is 14.8. The molecule has 4 rings (SSSR count). The SMILES string of the molecule is Cc1nc(Nc2cc(C3CC3)[nH]n2)cc(NC(C)c2ccc(Cl)cc2)n1. The molecule has 3 N–H and O–H groups in total. The van der Waals surface area contributed by atoms with Crippen LogP contribution in [0.3, 0.4) is 0 Å². The average molecular weight is 369 g/mol. The molecule has 0 radical (unpaired) electrons. The first-order valence-electron chi connectivity index (χ1n) is 8.77. The zero-order valence-electron chi connectivity index (χ0n) is 14.8. The molecule has 1 fully saturated rings. The van der Waals surface area contributed by atoms with E-state index in [1.54, 1.807) is 0 Å². The number of aromatic nitrogens is 4. The molecule has 1 aromatic carbocycles. The molecule has 1 unspecified atom stereocenters. The lowest BCUT2D eigenvalue weighted by atomic mass is 10.1. The van der Waals surface area contributed by atoms with E-state index in [1.165, 1.54) is 18.5 Å². The topological polar surface area (TPSA) is 78.5 Å². The summed E-state index contributed by atoms with van der Waals surface area (Å²) >= 11 is 5.96. The Hall–Kier alpha value is -2.60. The van der Waals surface area contributed by atoms with Crippen LogP contribution >= 0.6 is 11.6 Å². The Balaban J connectivity index is 1.48. The third-order valence-corrected chi connectivity index (χ3v) is 4.70. The van der Waals surface area contributed by atoms with Gasteiger partial charge in [-0.15, -0.1) is 0 Å². The molecule has 1 saturated carbocycles. The molecule has 0 bridgehead atoms. The van der Waals surface area contributed by atoms with E-state index in [2.05, 4.69) is 43.8 Å². The van der Waals surface area contributed by atoms with Crippen LogP contribution < -0.4 is 10.6 Å². The zero-order chi connectivity index (χ0) is 18.1. The summed E-state index contributed by atoms with van der Waals surface area (Å²) in [6, 6.07) is 11.8. The second kappa shape index (κ2) is 6.96. The molecular weight excluding hydrogens is 348 g/mol. The van der Waals surface area contributed by atoms with Gasteiger partial charge in [-0.05, 0) is 44.4 Å². The molecule has 0 amide bonds. The van der Waals surface area contributed by atoms with Crippen LogP contribution in [0.1, 0.15) is 48.8 Å². The molecule has 1 aliphatic carbocycles. The van der Waals surface area contributed by atoms with Crippen molar-refractivity contribution < 1.29 is 0 Å². The fourth-order valence-electron chi connectivity index (χ4n) is 2.90. The highest BCUT2D eigenvalue weighted by molar-refractivity contribution is 6.30. The smallest absolute Gasteiger partial charge is 0.153 e. The number of hydrogen-bond donors (Lipinski definition) is 3. The van der Waals surface area contributed by atoms with Crippen molar-refractivity contribution in [1.29, 1.82) is 0 Å². The first-order valence-corrected chi connectivity index (χ1v) is 9.14. The van der Waals surface area contributed by atoms with Gasteiger partial charge in [0.25, 0.3) is 0 Å². The van der Waals surface area contributed by atoms with E-state index in [-0.39, 0.29) is 6.04 Å². The van der Waals surface area contributed by atoms with Crippen LogP contribution in [0.25, 0.3) is 0 Å². The number of H-pyrrole nitrogens is 1. The first kappa shape index (κ1) is 16.8. The highest BCUT2D eigenvalue weighted by atomic mass is 35.5. The Morgan fingerprint density at radius 2 is 1.81 bits per heavy atom. The van der Waals surface area contributed by atoms with Gasteiger partial charge in [-0.3, -0.25) is 5.10 Å². The molecule has 3 aromatic rings. The second-order valence-electron chi connectivity index (χ2n) is 6.71. The summed E-state index contributed by atoms with van der Waals surface area (Å²) in [6.45, 7) is 3.97. The first-order chi connectivity index (χ1) is 12.6. The van der Waals surface area contributed by atoms with Crippen LogP contribution in [0.15, 0.2) is 36.4 Å². The van der Waals surface area contributed by atoms with Crippen molar-refractivity contribution in [2.45, 2.75) is 38.6 Å². The lowest BCUT2D eigenvalue weighted by Gasteiger charge is -2.16. The van der Waals surface area contributed by atoms with Crippen LogP contribution in [0, 0.1) is 6.92 Å². The Bertz CT molecular complexity index is 901. The highest BCUT2D eigenvalue weighted by Crippen LogP contribution is 2.39. The summed E-state index contributed by atoms with van der Waals surface area (Å²) in [5.41, 5.74) is 2.33. The summed E-state index contributed by atoms with van der Waals surface area (Å²) in [7, 11) is 0. The minimum atomic E-state index is 0.0984. The van der Waals surface area contributed by atoms with Gasteiger partial charge in [0.15, 0.2) is 5.82 Å². The summed E-state index contributed by atoms with van der Waals surface area (Å²) < 4.78 is 0. The van der Waals surface area contributed by atoms with E-state index < -0.39 is 0 Å². The van der Waals surface area contributed by atoms with Crippen molar-refractivity contribution >= 4 is 29.1 Å². The van der Waals surface area contributed by atoms with Gasteiger partial charge in [-0.2, -0.15) is 5.10 Å². The van der Waals surface area contributed by atoms with Crippen molar-refractivity contribution in [3.05, 3.63) is 58.5 Å². The van der Waals surface area contributed by atoms with Gasteiger partial charge in [0, 0.05) is 34.8 Å². The van der Waals surface area contributed by atoms with Gasteiger partial charge in [0.1, 0.15) is 17.5 Å². The normalized spacial score (nSPS) is 14.9. The van der Waals surface area contributed by atoms with Crippen molar-refractivity contribution in [3.8, 4) is 0 Å². The summed E-state index contributed by atoms with van der Waals surface area (Å²) in [5.74, 6) is 3.60. The molecule has 134 valence electrons. The van der Waals surface area contributed by atoms with Gasteiger partial charge in [-0.1, -0.05) is 23.7 Å². The fraction of sp³-hybridized carbons (Fsp3) is 0.316. The molecule has 0 aliphatic heterocycles. The lowest BCUT2D eigenvalue weighted by Crippen LogP contribution is -2.09. The number of halogens is 1. The van der Waals surface area contributed by atoms with Crippen LogP contribution in [-0.4, -0.2) is 20.2 Å². The van der Waals surface area contributed by atoms with E-state index in [0.717, 1.165) is 28.0 Å².